The first kappa shape index (κ1) is 16.1. The average Bonchev–Trinajstić information content (AvgIpc) is 3.03. The first-order valence-corrected chi connectivity index (χ1v) is 8.71. The molecule has 130 valence electrons. The van der Waals surface area contributed by atoms with Gasteiger partial charge in [-0.05, 0) is 42.9 Å². The summed E-state index contributed by atoms with van der Waals surface area (Å²) < 4.78 is 26.8. The van der Waals surface area contributed by atoms with Gasteiger partial charge in [0.1, 0.15) is 11.7 Å². The summed E-state index contributed by atoms with van der Waals surface area (Å²) in [5, 5.41) is 0.628. The minimum atomic E-state index is -0.987. The molecule has 0 unspecified atom stereocenters. The van der Waals surface area contributed by atoms with Gasteiger partial charge in [0.05, 0.1) is 9.88 Å². The van der Waals surface area contributed by atoms with Gasteiger partial charge in [0, 0.05) is 6.54 Å². The molecule has 1 saturated carbocycles. The van der Waals surface area contributed by atoms with Gasteiger partial charge in [-0.25, -0.2) is 13.8 Å². The van der Waals surface area contributed by atoms with Crippen molar-refractivity contribution in [3.05, 3.63) is 40.5 Å². The molecular formula is C17H15F2N3O2S. The number of carbonyl (C=O) groups excluding carboxylic acids is 2. The summed E-state index contributed by atoms with van der Waals surface area (Å²) in [6.45, 7) is 2.21. The van der Waals surface area contributed by atoms with Crippen LogP contribution in [0.1, 0.15) is 21.9 Å². The molecule has 25 heavy (non-hydrogen) atoms. The largest absolute Gasteiger partial charge is 0.368 e. The van der Waals surface area contributed by atoms with Crippen LogP contribution in [0.15, 0.2) is 18.2 Å². The summed E-state index contributed by atoms with van der Waals surface area (Å²) in [7, 11) is 0. The van der Waals surface area contributed by atoms with Crippen molar-refractivity contribution in [2.75, 3.05) is 6.54 Å². The van der Waals surface area contributed by atoms with E-state index in [1.54, 1.807) is 6.92 Å². The van der Waals surface area contributed by atoms with Crippen LogP contribution in [0.25, 0.3) is 10.4 Å². The van der Waals surface area contributed by atoms with E-state index in [9.17, 15) is 18.4 Å². The smallest absolute Gasteiger partial charge is 0.274 e. The maximum atomic E-state index is 13.6. The van der Waals surface area contributed by atoms with E-state index in [0.29, 0.717) is 27.9 Å². The lowest BCUT2D eigenvalue weighted by Gasteiger charge is -2.24. The van der Waals surface area contributed by atoms with Crippen molar-refractivity contribution in [3.8, 4) is 10.4 Å². The van der Waals surface area contributed by atoms with Gasteiger partial charge < -0.3 is 10.6 Å². The fraction of sp³-hybridized carbons (Fsp3) is 0.353. The molecule has 2 N–H and O–H groups in total. The summed E-state index contributed by atoms with van der Waals surface area (Å²) in [4.78, 5) is 30.9. The van der Waals surface area contributed by atoms with E-state index in [-0.39, 0.29) is 17.5 Å². The first-order chi connectivity index (χ1) is 11.9. The second-order valence-corrected chi connectivity index (χ2v) is 7.71. The number of benzene rings is 1. The molecule has 3 atom stereocenters. The van der Waals surface area contributed by atoms with Gasteiger partial charge in [0.15, 0.2) is 11.6 Å². The number of fused-ring (bicyclic) bond motifs is 1. The molecule has 2 aliphatic rings. The number of rotatable bonds is 3. The van der Waals surface area contributed by atoms with Gasteiger partial charge >= 0.3 is 0 Å². The molecule has 1 aliphatic carbocycles. The van der Waals surface area contributed by atoms with E-state index >= 15 is 0 Å². The zero-order chi connectivity index (χ0) is 17.9. The number of primary amides is 1. The summed E-state index contributed by atoms with van der Waals surface area (Å²) in [5.41, 5.74) is 6.01. The van der Waals surface area contributed by atoms with E-state index in [1.165, 1.54) is 22.3 Å². The average molecular weight is 363 g/mol. The van der Waals surface area contributed by atoms with E-state index in [1.807, 2.05) is 0 Å². The Morgan fingerprint density at radius 3 is 2.76 bits per heavy atom. The predicted octanol–water partition coefficient (Wildman–Crippen LogP) is 2.34. The second kappa shape index (κ2) is 5.59. The maximum Gasteiger partial charge on any atom is 0.274 e. The molecule has 8 heteroatoms. The van der Waals surface area contributed by atoms with Crippen LogP contribution in [0.4, 0.5) is 8.78 Å². The van der Waals surface area contributed by atoms with Crippen LogP contribution in [-0.2, 0) is 4.79 Å². The van der Waals surface area contributed by atoms with Crippen molar-refractivity contribution in [1.82, 2.24) is 9.88 Å². The van der Waals surface area contributed by atoms with Gasteiger partial charge in [-0.3, -0.25) is 9.59 Å². The molecule has 1 aliphatic heterocycles. The molecule has 1 aromatic carbocycles. The number of aromatic nitrogens is 1. The van der Waals surface area contributed by atoms with Gasteiger partial charge in [-0.1, -0.05) is 6.07 Å². The molecular weight excluding hydrogens is 348 g/mol. The number of nitrogens with zero attached hydrogens (tertiary/aromatic N) is 2. The number of piperidine rings is 1. The molecule has 0 bridgehead atoms. The van der Waals surface area contributed by atoms with Crippen LogP contribution in [0.3, 0.4) is 0 Å². The number of nitrogens with two attached hydrogens (primary N) is 1. The van der Waals surface area contributed by atoms with Gasteiger partial charge in [-0.15, -0.1) is 11.3 Å². The quantitative estimate of drug-likeness (QED) is 0.909. The molecule has 0 spiro atoms. The van der Waals surface area contributed by atoms with Crippen molar-refractivity contribution in [3.63, 3.8) is 0 Å². The molecule has 0 radical (unpaired) electrons. The number of thiazole rings is 1. The zero-order valence-corrected chi connectivity index (χ0v) is 14.1. The Morgan fingerprint density at radius 2 is 2.08 bits per heavy atom. The third-order valence-corrected chi connectivity index (χ3v) is 5.84. The third-order valence-electron chi connectivity index (χ3n) is 4.82. The van der Waals surface area contributed by atoms with Gasteiger partial charge in [-0.2, -0.15) is 0 Å². The van der Waals surface area contributed by atoms with E-state index < -0.39 is 23.6 Å². The summed E-state index contributed by atoms with van der Waals surface area (Å²) in [5.74, 6) is -2.40. The number of hydrogen-bond donors (Lipinski definition) is 1. The zero-order valence-electron chi connectivity index (χ0n) is 13.3. The third kappa shape index (κ3) is 2.60. The monoisotopic (exact) mass is 363 g/mol. The van der Waals surface area contributed by atoms with Gasteiger partial charge in [0.25, 0.3) is 5.91 Å². The van der Waals surface area contributed by atoms with Crippen LogP contribution >= 0.6 is 11.3 Å². The number of halogens is 2. The standard InChI is InChI=1S/C17H15F2N3O2S/c1-7-21-13(15(25-7)8-2-3-11(18)12(19)5-8)17(24)22-6-9-4-10(9)14(22)16(20)23/h2-3,5,9-10,14H,4,6H2,1H3,(H2,20,23)/t9-,10-,14-/m0/s1. The van der Waals surface area contributed by atoms with Crippen LogP contribution < -0.4 is 5.73 Å². The Balaban J connectivity index is 1.72. The highest BCUT2D eigenvalue weighted by molar-refractivity contribution is 7.15. The number of hydrogen-bond acceptors (Lipinski definition) is 4. The Kier molecular flexibility index (Phi) is 3.61. The molecule has 1 saturated heterocycles. The van der Waals surface area contributed by atoms with E-state index in [2.05, 4.69) is 4.98 Å². The van der Waals surface area contributed by atoms with E-state index in [0.717, 1.165) is 18.6 Å². The SMILES string of the molecule is Cc1nc(C(=O)N2C[C@@H]3C[C@@H]3[C@H]2C(N)=O)c(-c2ccc(F)c(F)c2)s1. The van der Waals surface area contributed by atoms with Gasteiger partial charge in [0.2, 0.25) is 5.91 Å². The highest BCUT2D eigenvalue weighted by atomic mass is 32.1. The Morgan fingerprint density at radius 1 is 1.32 bits per heavy atom. The lowest BCUT2D eigenvalue weighted by atomic mass is 10.1. The second-order valence-electron chi connectivity index (χ2n) is 6.50. The topological polar surface area (TPSA) is 76.3 Å². The minimum absolute atomic E-state index is 0.132. The normalized spacial score (nSPS) is 24.3. The minimum Gasteiger partial charge on any atom is -0.368 e. The lowest BCUT2D eigenvalue weighted by molar-refractivity contribution is -0.122. The molecule has 4 rings (SSSR count). The number of aryl methyl sites for hydroxylation is 1. The van der Waals surface area contributed by atoms with Crippen LogP contribution in [0.5, 0.6) is 0 Å². The summed E-state index contributed by atoms with van der Waals surface area (Å²) in [6.07, 6.45) is 0.906. The fourth-order valence-corrected chi connectivity index (χ4v) is 4.49. The lowest BCUT2D eigenvalue weighted by Crippen LogP contribution is -2.46. The van der Waals surface area contributed by atoms with Crippen LogP contribution in [0.2, 0.25) is 0 Å². The fourth-order valence-electron chi connectivity index (χ4n) is 3.58. The van der Waals surface area contributed by atoms with Crippen molar-refractivity contribution < 1.29 is 18.4 Å². The molecule has 2 aromatic rings. The highest BCUT2D eigenvalue weighted by Crippen LogP contribution is 2.50. The highest BCUT2D eigenvalue weighted by Gasteiger charge is 2.56. The first-order valence-electron chi connectivity index (χ1n) is 7.90. The maximum absolute atomic E-state index is 13.6. The Bertz CT molecular complexity index is 898. The number of amides is 2. The predicted molar refractivity (Wildman–Crippen MR) is 87.8 cm³/mol. The Hall–Kier alpha value is -2.35. The summed E-state index contributed by atoms with van der Waals surface area (Å²) >= 11 is 1.23. The van der Waals surface area contributed by atoms with Crippen molar-refractivity contribution in [2.45, 2.75) is 19.4 Å². The molecule has 1 aromatic heterocycles. The Labute approximate surface area is 146 Å². The number of carbonyl (C=O) groups is 2. The molecule has 2 amide bonds. The van der Waals surface area contributed by atoms with Crippen molar-refractivity contribution in [2.24, 2.45) is 17.6 Å². The molecule has 2 fully saturated rings. The van der Waals surface area contributed by atoms with E-state index in [4.69, 9.17) is 5.73 Å². The summed E-state index contributed by atoms with van der Waals surface area (Å²) in [6, 6.07) is 2.87. The number of likely N-dealkylation sites (tertiary alicyclic amines) is 1. The molecule has 2 heterocycles. The van der Waals surface area contributed by atoms with Crippen molar-refractivity contribution in [1.29, 1.82) is 0 Å². The van der Waals surface area contributed by atoms with Crippen LogP contribution in [-0.4, -0.2) is 34.3 Å². The van der Waals surface area contributed by atoms with Crippen LogP contribution in [0, 0.1) is 30.4 Å². The molecule has 5 nitrogen and oxygen atoms in total. The van der Waals surface area contributed by atoms with Crippen molar-refractivity contribution >= 4 is 23.2 Å².